The van der Waals surface area contributed by atoms with Crippen LogP contribution >= 0.6 is 0 Å². The molecule has 2 N–H and O–H groups in total. The Morgan fingerprint density at radius 1 is 1.23 bits per heavy atom. The first-order valence-electron chi connectivity index (χ1n) is 5.68. The van der Waals surface area contributed by atoms with E-state index in [9.17, 15) is 0 Å². The van der Waals surface area contributed by atoms with E-state index >= 15 is 0 Å². The van der Waals surface area contributed by atoms with Crippen LogP contribution < -0.4 is 5.73 Å². The van der Waals surface area contributed by atoms with Crippen LogP contribution in [-0.2, 0) is 0 Å². The maximum absolute atomic E-state index is 6.09. The topological polar surface area (TPSA) is 29.3 Å². The van der Waals surface area contributed by atoms with Crippen molar-refractivity contribution >= 4 is 0 Å². The second-order valence-corrected chi connectivity index (χ2v) is 5.12. The molecule has 2 nitrogen and oxygen atoms in total. The summed E-state index contributed by atoms with van der Waals surface area (Å²) in [4.78, 5) is 2.67. The summed E-state index contributed by atoms with van der Waals surface area (Å²) in [5.74, 6) is 0.885. The number of nitrogens with two attached hydrogens (primary N) is 1. The summed E-state index contributed by atoms with van der Waals surface area (Å²) in [5.41, 5.74) is 6.09. The zero-order valence-corrected chi connectivity index (χ0v) is 8.87. The third-order valence-electron chi connectivity index (χ3n) is 3.72. The number of hydrogen-bond acceptors (Lipinski definition) is 2. The standard InChI is InChI=1S/C11H22N2/c1-8(2)13-7-9-3-4-11(13)6-10(12)5-9/h8-11H,3-7,12H2,1-2H3/t9?,10-,11-/m0/s1. The fourth-order valence-corrected chi connectivity index (χ4v) is 3.08. The monoisotopic (exact) mass is 182 g/mol. The fourth-order valence-electron chi connectivity index (χ4n) is 3.08. The van der Waals surface area contributed by atoms with Gasteiger partial charge in [-0.05, 0) is 45.4 Å². The number of hydrogen-bond donors (Lipinski definition) is 1. The van der Waals surface area contributed by atoms with Gasteiger partial charge in [0.1, 0.15) is 0 Å². The first-order valence-corrected chi connectivity index (χ1v) is 5.68. The van der Waals surface area contributed by atoms with Gasteiger partial charge in [-0.1, -0.05) is 0 Å². The van der Waals surface area contributed by atoms with Crippen molar-refractivity contribution in [3.63, 3.8) is 0 Å². The predicted octanol–water partition coefficient (Wildman–Crippen LogP) is 1.60. The first kappa shape index (κ1) is 9.47. The smallest absolute Gasteiger partial charge is 0.0113 e. The van der Waals surface area contributed by atoms with Gasteiger partial charge in [0.25, 0.3) is 0 Å². The van der Waals surface area contributed by atoms with Crippen LogP contribution in [0.4, 0.5) is 0 Å². The molecule has 3 atom stereocenters. The molecule has 1 unspecified atom stereocenters. The molecule has 3 fully saturated rings. The lowest BCUT2D eigenvalue weighted by atomic mass is 9.93. The van der Waals surface area contributed by atoms with Crippen molar-refractivity contribution in [2.45, 2.75) is 57.7 Å². The van der Waals surface area contributed by atoms with Gasteiger partial charge in [0, 0.05) is 24.7 Å². The van der Waals surface area contributed by atoms with Crippen LogP contribution in [0.5, 0.6) is 0 Å². The lowest BCUT2D eigenvalue weighted by Gasteiger charge is -2.39. The molecule has 3 rings (SSSR count). The maximum atomic E-state index is 6.09. The third kappa shape index (κ3) is 1.89. The average molecular weight is 182 g/mol. The van der Waals surface area contributed by atoms with Crippen molar-refractivity contribution in [3.8, 4) is 0 Å². The second kappa shape index (κ2) is 3.58. The summed E-state index contributed by atoms with van der Waals surface area (Å²) >= 11 is 0. The van der Waals surface area contributed by atoms with Gasteiger partial charge in [0.05, 0.1) is 0 Å². The molecular formula is C11H22N2. The van der Waals surface area contributed by atoms with Crippen LogP contribution in [-0.4, -0.2) is 29.6 Å². The Morgan fingerprint density at radius 2 is 2.00 bits per heavy atom. The largest absolute Gasteiger partial charge is 0.328 e. The molecule has 0 aromatic heterocycles. The van der Waals surface area contributed by atoms with Gasteiger partial charge in [0.15, 0.2) is 0 Å². The Balaban J connectivity index is 2.09. The number of fused-ring (bicyclic) bond motifs is 4. The van der Waals surface area contributed by atoms with Crippen molar-refractivity contribution in [2.75, 3.05) is 6.54 Å². The third-order valence-corrected chi connectivity index (χ3v) is 3.72. The molecule has 13 heavy (non-hydrogen) atoms. The van der Waals surface area contributed by atoms with E-state index in [0.717, 1.165) is 12.0 Å². The van der Waals surface area contributed by atoms with E-state index in [-0.39, 0.29) is 0 Å². The highest BCUT2D eigenvalue weighted by Gasteiger charge is 2.35. The van der Waals surface area contributed by atoms with Gasteiger partial charge in [-0.25, -0.2) is 0 Å². The van der Waals surface area contributed by atoms with Gasteiger partial charge >= 0.3 is 0 Å². The normalized spacial score (nSPS) is 41.1. The zero-order valence-electron chi connectivity index (χ0n) is 8.87. The molecule has 0 amide bonds. The van der Waals surface area contributed by atoms with Gasteiger partial charge in [-0.15, -0.1) is 0 Å². The molecule has 2 saturated heterocycles. The molecule has 2 bridgehead atoms. The van der Waals surface area contributed by atoms with Crippen molar-refractivity contribution in [3.05, 3.63) is 0 Å². The molecule has 0 radical (unpaired) electrons. The summed E-state index contributed by atoms with van der Waals surface area (Å²) in [6, 6.07) is 1.97. The molecule has 3 aliphatic rings. The summed E-state index contributed by atoms with van der Waals surface area (Å²) < 4.78 is 0. The van der Waals surface area contributed by atoms with Gasteiger partial charge in [-0.3, -0.25) is 4.90 Å². The molecular weight excluding hydrogens is 160 g/mol. The number of piperidine rings is 1. The van der Waals surface area contributed by atoms with E-state index in [2.05, 4.69) is 18.7 Å². The van der Waals surface area contributed by atoms with E-state index < -0.39 is 0 Å². The van der Waals surface area contributed by atoms with Gasteiger partial charge in [-0.2, -0.15) is 0 Å². The Morgan fingerprint density at radius 3 is 2.69 bits per heavy atom. The quantitative estimate of drug-likeness (QED) is 0.667. The minimum atomic E-state index is 0.473. The molecule has 0 aromatic carbocycles. The molecule has 2 aliphatic heterocycles. The predicted molar refractivity (Wildman–Crippen MR) is 55.6 cm³/mol. The van der Waals surface area contributed by atoms with E-state index in [1.165, 1.54) is 32.2 Å². The molecule has 76 valence electrons. The Labute approximate surface area is 81.5 Å². The molecule has 0 aromatic rings. The summed E-state index contributed by atoms with van der Waals surface area (Å²) in [7, 11) is 0. The average Bonchev–Trinajstić information content (AvgIpc) is 2.31. The van der Waals surface area contributed by atoms with Gasteiger partial charge in [0.2, 0.25) is 0 Å². The Bertz CT molecular complexity index is 179. The molecule has 1 saturated carbocycles. The lowest BCUT2D eigenvalue weighted by molar-refractivity contribution is 0.0912. The Kier molecular flexibility index (Phi) is 2.61. The SMILES string of the molecule is CC(C)N1CC2CC[C@H]1C[C@@H](N)C2. The van der Waals surface area contributed by atoms with Crippen LogP contribution in [0.2, 0.25) is 0 Å². The highest BCUT2D eigenvalue weighted by Crippen LogP contribution is 2.33. The van der Waals surface area contributed by atoms with E-state index in [0.29, 0.717) is 12.1 Å². The van der Waals surface area contributed by atoms with E-state index in [1.807, 2.05) is 0 Å². The van der Waals surface area contributed by atoms with Crippen LogP contribution in [0.3, 0.4) is 0 Å². The van der Waals surface area contributed by atoms with Crippen LogP contribution in [0.1, 0.15) is 39.5 Å². The van der Waals surface area contributed by atoms with Crippen LogP contribution in [0, 0.1) is 5.92 Å². The minimum absolute atomic E-state index is 0.473. The zero-order chi connectivity index (χ0) is 9.42. The summed E-state index contributed by atoms with van der Waals surface area (Å²) in [6.45, 7) is 5.93. The summed E-state index contributed by atoms with van der Waals surface area (Å²) in [5, 5.41) is 0. The van der Waals surface area contributed by atoms with Crippen molar-refractivity contribution in [1.29, 1.82) is 0 Å². The minimum Gasteiger partial charge on any atom is -0.328 e. The van der Waals surface area contributed by atoms with Crippen molar-refractivity contribution < 1.29 is 0 Å². The highest BCUT2D eigenvalue weighted by atomic mass is 15.2. The molecule has 2 heterocycles. The number of rotatable bonds is 1. The lowest BCUT2D eigenvalue weighted by Crippen LogP contribution is -2.45. The Hall–Kier alpha value is -0.0800. The van der Waals surface area contributed by atoms with Crippen LogP contribution in [0.15, 0.2) is 0 Å². The molecule has 0 spiro atoms. The van der Waals surface area contributed by atoms with Gasteiger partial charge < -0.3 is 5.73 Å². The fraction of sp³-hybridized carbons (Fsp3) is 1.00. The maximum Gasteiger partial charge on any atom is 0.0113 e. The second-order valence-electron chi connectivity index (χ2n) is 5.12. The first-order chi connectivity index (χ1) is 6.16. The van der Waals surface area contributed by atoms with Crippen molar-refractivity contribution in [1.82, 2.24) is 4.90 Å². The van der Waals surface area contributed by atoms with E-state index in [1.54, 1.807) is 0 Å². The van der Waals surface area contributed by atoms with Crippen LogP contribution in [0.25, 0.3) is 0 Å². The molecule has 1 aliphatic carbocycles. The molecule has 2 heteroatoms. The number of nitrogens with zero attached hydrogens (tertiary/aromatic N) is 1. The summed E-state index contributed by atoms with van der Waals surface area (Å²) in [6.07, 6.45) is 5.30. The van der Waals surface area contributed by atoms with E-state index in [4.69, 9.17) is 5.73 Å². The highest BCUT2D eigenvalue weighted by molar-refractivity contribution is 4.91. The van der Waals surface area contributed by atoms with Crippen molar-refractivity contribution in [2.24, 2.45) is 11.7 Å².